The molecule has 0 fully saturated rings. The molecule has 2 aromatic carbocycles. The minimum Gasteiger partial charge on any atom is -0.496 e. The summed E-state index contributed by atoms with van der Waals surface area (Å²) in [5.41, 5.74) is 1.32. The smallest absolute Gasteiger partial charge is 0.254 e. The number of nitrogens with zero attached hydrogens (tertiary/aromatic N) is 1. The second kappa shape index (κ2) is 7.77. The minimum atomic E-state index is -0.195. The van der Waals surface area contributed by atoms with Crippen LogP contribution in [0.5, 0.6) is 11.5 Å². The number of hydrogen-bond donors (Lipinski definition) is 0. The molecule has 6 heteroatoms. The fourth-order valence-electron chi connectivity index (χ4n) is 2.48. The van der Waals surface area contributed by atoms with Gasteiger partial charge in [-0.25, -0.2) is 0 Å². The first-order chi connectivity index (χ1) is 11.4. The van der Waals surface area contributed by atoms with Crippen LogP contribution in [-0.2, 0) is 0 Å². The average molecular weight is 368 g/mol. The highest BCUT2D eigenvalue weighted by molar-refractivity contribution is 6.37. The molecule has 0 saturated heterocycles. The van der Waals surface area contributed by atoms with Gasteiger partial charge < -0.3 is 14.4 Å². The Morgan fingerprint density at radius 1 is 1.08 bits per heavy atom. The first-order valence-corrected chi connectivity index (χ1v) is 8.09. The Labute approximate surface area is 151 Å². The van der Waals surface area contributed by atoms with Gasteiger partial charge in [0, 0.05) is 18.2 Å². The number of carbonyl (C=O) groups is 1. The van der Waals surface area contributed by atoms with Crippen molar-refractivity contribution in [3.63, 3.8) is 0 Å². The Morgan fingerprint density at radius 3 is 2.21 bits per heavy atom. The lowest BCUT2D eigenvalue weighted by atomic mass is 10.0. The van der Waals surface area contributed by atoms with Crippen molar-refractivity contribution in [2.75, 3.05) is 21.3 Å². The zero-order chi connectivity index (χ0) is 17.9. The van der Waals surface area contributed by atoms with Crippen molar-refractivity contribution in [2.45, 2.75) is 13.0 Å². The lowest BCUT2D eigenvalue weighted by molar-refractivity contribution is 0.0741. The predicted molar refractivity (Wildman–Crippen MR) is 96.5 cm³/mol. The highest BCUT2D eigenvalue weighted by Gasteiger charge is 2.23. The zero-order valence-corrected chi connectivity index (χ0v) is 15.5. The summed E-state index contributed by atoms with van der Waals surface area (Å²) in [6.45, 7) is 1.93. The third kappa shape index (κ3) is 3.60. The average Bonchev–Trinajstić information content (AvgIpc) is 2.59. The fraction of sp³-hybridized carbons (Fsp3) is 0.278. The monoisotopic (exact) mass is 367 g/mol. The van der Waals surface area contributed by atoms with Gasteiger partial charge in [-0.3, -0.25) is 4.79 Å². The van der Waals surface area contributed by atoms with Gasteiger partial charge >= 0.3 is 0 Å². The van der Waals surface area contributed by atoms with Crippen LogP contribution >= 0.6 is 23.2 Å². The van der Waals surface area contributed by atoms with Gasteiger partial charge in [0.05, 0.1) is 30.3 Å². The maximum atomic E-state index is 12.8. The van der Waals surface area contributed by atoms with Crippen LogP contribution in [-0.4, -0.2) is 32.1 Å². The lowest BCUT2D eigenvalue weighted by Crippen LogP contribution is -2.30. The maximum absolute atomic E-state index is 12.8. The molecule has 0 bridgehead atoms. The summed E-state index contributed by atoms with van der Waals surface area (Å²) < 4.78 is 10.5. The van der Waals surface area contributed by atoms with Gasteiger partial charge in [0.1, 0.15) is 5.75 Å². The Balaban J connectivity index is 2.32. The Morgan fingerprint density at radius 2 is 1.67 bits per heavy atom. The largest absolute Gasteiger partial charge is 0.496 e. The molecule has 0 N–H and O–H groups in total. The number of carbonyl (C=O) groups excluding carboxylic acids is 1. The Bertz CT molecular complexity index is 726. The van der Waals surface area contributed by atoms with E-state index in [1.807, 2.05) is 31.2 Å². The van der Waals surface area contributed by atoms with E-state index in [9.17, 15) is 4.79 Å². The van der Waals surface area contributed by atoms with E-state index in [1.165, 1.54) is 7.11 Å². The van der Waals surface area contributed by atoms with Crippen LogP contribution < -0.4 is 9.47 Å². The normalized spacial score (nSPS) is 11.8. The van der Waals surface area contributed by atoms with E-state index in [0.717, 1.165) is 11.3 Å². The molecule has 2 aromatic rings. The molecule has 0 spiro atoms. The van der Waals surface area contributed by atoms with E-state index in [0.29, 0.717) is 21.4 Å². The number of halogens is 2. The van der Waals surface area contributed by atoms with Crippen molar-refractivity contribution < 1.29 is 14.3 Å². The van der Waals surface area contributed by atoms with Gasteiger partial charge in [-0.15, -0.1) is 0 Å². The summed E-state index contributed by atoms with van der Waals surface area (Å²) in [5, 5.41) is 0.596. The number of rotatable bonds is 5. The molecule has 0 aliphatic heterocycles. The van der Waals surface area contributed by atoms with Gasteiger partial charge in [0.2, 0.25) is 0 Å². The maximum Gasteiger partial charge on any atom is 0.254 e. The Kier molecular flexibility index (Phi) is 5.97. The van der Waals surface area contributed by atoms with E-state index in [2.05, 4.69) is 0 Å². The molecule has 1 amide bonds. The van der Waals surface area contributed by atoms with Crippen molar-refractivity contribution in [1.29, 1.82) is 0 Å². The SMILES string of the molecule is COc1ccccc1[C@H](C)N(C)C(=O)c1cc(Cl)c(OC)c(Cl)c1. The first kappa shape index (κ1) is 18.4. The molecule has 0 radical (unpaired) electrons. The second-order valence-corrected chi connectivity index (χ2v) is 6.12. The van der Waals surface area contributed by atoms with E-state index >= 15 is 0 Å². The molecular formula is C18H19Cl2NO3. The van der Waals surface area contributed by atoms with Crippen LogP contribution in [0.1, 0.15) is 28.9 Å². The molecule has 4 nitrogen and oxygen atoms in total. The summed E-state index contributed by atoms with van der Waals surface area (Å²) in [5.74, 6) is 0.894. The van der Waals surface area contributed by atoms with Crippen LogP contribution in [0.4, 0.5) is 0 Å². The van der Waals surface area contributed by atoms with Gasteiger partial charge in [0.15, 0.2) is 5.75 Å². The predicted octanol–water partition coefficient (Wildman–Crippen LogP) is 4.84. The molecule has 0 aromatic heterocycles. The topological polar surface area (TPSA) is 38.8 Å². The molecule has 24 heavy (non-hydrogen) atoms. The molecular weight excluding hydrogens is 349 g/mol. The minimum absolute atomic E-state index is 0.187. The zero-order valence-electron chi connectivity index (χ0n) is 14.0. The molecule has 0 saturated carbocycles. The highest BCUT2D eigenvalue weighted by atomic mass is 35.5. The van der Waals surface area contributed by atoms with Gasteiger partial charge in [-0.05, 0) is 25.1 Å². The van der Waals surface area contributed by atoms with Crippen LogP contribution in [0.25, 0.3) is 0 Å². The summed E-state index contributed by atoms with van der Waals surface area (Å²) >= 11 is 12.3. The molecule has 0 heterocycles. The molecule has 0 aliphatic rings. The van der Waals surface area contributed by atoms with E-state index in [4.69, 9.17) is 32.7 Å². The summed E-state index contributed by atoms with van der Waals surface area (Å²) in [6, 6.07) is 10.5. The molecule has 128 valence electrons. The van der Waals surface area contributed by atoms with Gasteiger partial charge in [-0.2, -0.15) is 0 Å². The van der Waals surface area contributed by atoms with Crippen LogP contribution in [0, 0.1) is 0 Å². The van der Waals surface area contributed by atoms with Crippen molar-refractivity contribution in [3.8, 4) is 11.5 Å². The number of amides is 1. The number of para-hydroxylation sites is 1. The molecule has 0 unspecified atom stereocenters. The number of ether oxygens (including phenoxy) is 2. The summed E-state index contributed by atoms with van der Waals surface area (Å²) in [6.07, 6.45) is 0. The van der Waals surface area contributed by atoms with Crippen LogP contribution in [0.15, 0.2) is 36.4 Å². The molecule has 2 rings (SSSR count). The molecule has 1 atom stereocenters. The number of methoxy groups -OCH3 is 2. The van der Waals surface area contributed by atoms with Gasteiger partial charge in [-0.1, -0.05) is 41.4 Å². The summed E-state index contributed by atoms with van der Waals surface area (Å²) in [4.78, 5) is 14.4. The van der Waals surface area contributed by atoms with Crippen molar-refractivity contribution >= 4 is 29.1 Å². The van der Waals surface area contributed by atoms with Crippen LogP contribution in [0.3, 0.4) is 0 Å². The van der Waals surface area contributed by atoms with Crippen molar-refractivity contribution in [2.24, 2.45) is 0 Å². The second-order valence-electron chi connectivity index (χ2n) is 5.31. The van der Waals surface area contributed by atoms with Crippen molar-refractivity contribution in [1.82, 2.24) is 4.90 Å². The molecule has 0 aliphatic carbocycles. The Hall–Kier alpha value is -1.91. The van der Waals surface area contributed by atoms with E-state index in [1.54, 1.807) is 31.2 Å². The van der Waals surface area contributed by atoms with Gasteiger partial charge in [0.25, 0.3) is 5.91 Å². The lowest BCUT2D eigenvalue weighted by Gasteiger charge is -2.27. The van der Waals surface area contributed by atoms with E-state index in [-0.39, 0.29) is 11.9 Å². The van der Waals surface area contributed by atoms with E-state index < -0.39 is 0 Å². The van der Waals surface area contributed by atoms with Crippen LogP contribution in [0.2, 0.25) is 10.0 Å². The summed E-state index contributed by atoms with van der Waals surface area (Å²) in [7, 11) is 4.81. The number of hydrogen-bond acceptors (Lipinski definition) is 3. The third-order valence-electron chi connectivity index (χ3n) is 3.94. The highest BCUT2D eigenvalue weighted by Crippen LogP contribution is 2.35. The van der Waals surface area contributed by atoms with Crippen molar-refractivity contribution in [3.05, 3.63) is 57.6 Å². The standard InChI is InChI=1S/C18H19Cl2NO3/c1-11(13-7-5-6-8-16(13)23-3)21(2)18(22)12-9-14(19)17(24-4)15(20)10-12/h5-11H,1-4H3/t11-/m0/s1. The number of benzene rings is 2. The quantitative estimate of drug-likeness (QED) is 0.758. The fourth-order valence-corrected chi connectivity index (χ4v) is 3.12. The third-order valence-corrected chi connectivity index (χ3v) is 4.50. The first-order valence-electron chi connectivity index (χ1n) is 7.33.